The summed E-state index contributed by atoms with van der Waals surface area (Å²) in [7, 11) is -1.81. The third-order valence-electron chi connectivity index (χ3n) is 3.86. The second-order valence-corrected chi connectivity index (χ2v) is 8.83. The molecule has 146 valence electrons. The molecule has 0 saturated heterocycles. The summed E-state index contributed by atoms with van der Waals surface area (Å²) in [6.07, 6.45) is 1.16. The van der Waals surface area contributed by atoms with Crippen LogP contribution in [0.5, 0.6) is 5.75 Å². The van der Waals surface area contributed by atoms with Crippen LogP contribution in [-0.2, 0) is 10.0 Å². The summed E-state index contributed by atoms with van der Waals surface area (Å²) < 4.78 is 30.3. The first-order valence-corrected chi connectivity index (χ1v) is 10.7. The summed E-state index contributed by atoms with van der Waals surface area (Å²) in [6.45, 7) is 4.46. The number of anilines is 2. The molecule has 0 fully saturated rings. The van der Waals surface area contributed by atoms with Gasteiger partial charge in [0.2, 0.25) is 10.0 Å². The Labute approximate surface area is 166 Å². The molecule has 8 heteroatoms. The van der Waals surface area contributed by atoms with Gasteiger partial charge in [0.25, 0.3) is 0 Å². The van der Waals surface area contributed by atoms with E-state index in [2.05, 4.69) is 10.6 Å². The van der Waals surface area contributed by atoms with Gasteiger partial charge >= 0.3 is 0 Å². The lowest BCUT2D eigenvalue weighted by molar-refractivity contribution is 0.287. The van der Waals surface area contributed by atoms with Crippen LogP contribution >= 0.6 is 12.2 Å². The standard InChI is InChI=1S/C19H25N3O3S2/c1-14-8-10-18(11-9-14)25-13-15(2)20-19(26)21-16-6-5-7-17(12-16)22(3)27(4,23)24/h5-12,15H,13H2,1-4H3,(H2,20,21,26). The van der Waals surface area contributed by atoms with Gasteiger partial charge in [-0.1, -0.05) is 23.8 Å². The zero-order valence-corrected chi connectivity index (χ0v) is 17.5. The number of sulfonamides is 1. The Morgan fingerprint density at radius 3 is 2.52 bits per heavy atom. The molecule has 2 N–H and O–H groups in total. The zero-order chi connectivity index (χ0) is 20.0. The van der Waals surface area contributed by atoms with Crippen LogP contribution in [0, 0.1) is 6.92 Å². The molecule has 6 nitrogen and oxygen atoms in total. The van der Waals surface area contributed by atoms with Crippen LogP contribution in [0.15, 0.2) is 48.5 Å². The molecule has 0 aromatic heterocycles. The van der Waals surface area contributed by atoms with Gasteiger partial charge in [0.05, 0.1) is 18.0 Å². The van der Waals surface area contributed by atoms with Gasteiger partial charge in [-0.25, -0.2) is 8.42 Å². The predicted molar refractivity (Wildman–Crippen MR) is 115 cm³/mol. The third kappa shape index (κ3) is 6.73. The number of thiocarbonyl (C=S) groups is 1. The van der Waals surface area contributed by atoms with Gasteiger partial charge in [0.15, 0.2) is 5.11 Å². The summed E-state index contributed by atoms with van der Waals surface area (Å²) in [4.78, 5) is 0. The lowest BCUT2D eigenvalue weighted by Gasteiger charge is -2.20. The highest BCUT2D eigenvalue weighted by Gasteiger charge is 2.12. The summed E-state index contributed by atoms with van der Waals surface area (Å²) in [5, 5.41) is 6.66. The average molecular weight is 408 g/mol. The molecule has 0 aliphatic rings. The van der Waals surface area contributed by atoms with Gasteiger partial charge in [0, 0.05) is 12.7 Å². The van der Waals surface area contributed by atoms with Crippen molar-refractivity contribution in [2.24, 2.45) is 0 Å². The lowest BCUT2D eigenvalue weighted by Crippen LogP contribution is -2.39. The first-order chi connectivity index (χ1) is 12.6. The molecule has 0 saturated carbocycles. The molecule has 0 aliphatic carbocycles. The first-order valence-electron chi connectivity index (χ1n) is 8.46. The second-order valence-electron chi connectivity index (χ2n) is 6.40. The number of aryl methyl sites for hydroxylation is 1. The van der Waals surface area contributed by atoms with Crippen LogP contribution in [-0.4, -0.2) is 39.5 Å². The van der Waals surface area contributed by atoms with Gasteiger partial charge in [-0.05, 0) is 56.4 Å². The fourth-order valence-electron chi connectivity index (χ4n) is 2.26. The van der Waals surface area contributed by atoms with Crippen molar-refractivity contribution in [2.45, 2.75) is 19.9 Å². The van der Waals surface area contributed by atoms with Crippen LogP contribution in [0.4, 0.5) is 11.4 Å². The van der Waals surface area contributed by atoms with E-state index in [-0.39, 0.29) is 6.04 Å². The summed E-state index contributed by atoms with van der Waals surface area (Å²) >= 11 is 5.33. The number of ether oxygens (including phenoxy) is 1. The highest BCUT2D eigenvalue weighted by atomic mass is 32.2. The maximum absolute atomic E-state index is 11.7. The van der Waals surface area contributed by atoms with Crippen molar-refractivity contribution in [2.75, 3.05) is 29.5 Å². The molecule has 2 aromatic rings. The zero-order valence-electron chi connectivity index (χ0n) is 15.9. The molecule has 1 atom stereocenters. The van der Waals surface area contributed by atoms with E-state index >= 15 is 0 Å². The van der Waals surface area contributed by atoms with Crippen molar-refractivity contribution in [1.82, 2.24) is 5.32 Å². The molecular formula is C19H25N3O3S2. The number of nitrogens with one attached hydrogen (secondary N) is 2. The van der Waals surface area contributed by atoms with Crippen molar-refractivity contribution in [3.8, 4) is 5.75 Å². The fraction of sp³-hybridized carbons (Fsp3) is 0.316. The maximum Gasteiger partial charge on any atom is 0.231 e. The van der Waals surface area contributed by atoms with Crippen molar-refractivity contribution in [1.29, 1.82) is 0 Å². The number of rotatable bonds is 7. The van der Waals surface area contributed by atoms with Gasteiger partial charge in [-0.2, -0.15) is 0 Å². The van der Waals surface area contributed by atoms with Crippen molar-refractivity contribution >= 4 is 38.7 Å². The van der Waals surface area contributed by atoms with Crippen molar-refractivity contribution < 1.29 is 13.2 Å². The van der Waals surface area contributed by atoms with Gasteiger partial charge in [0.1, 0.15) is 12.4 Å². The summed E-state index contributed by atoms with van der Waals surface area (Å²) in [5.41, 5.74) is 2.44. The van der Waals surface area contributed by atoms with Crippen LogP contribution in [0.25, 0.3) is 0 Å². The Hall–Kier alpha value is -2.32. The molecule has 2 aromatic carbocycles. The van der Waals surface area contributed by atoms with E-state index in [1.807, 2.05) is 44.2 Å². The normalized spacial score (nSPS) is 12.1. The van der Waals surface area contributed by atoms with E-state index in [1.165, 1.54) is 16.9 Å². The fourth-order valence-corrected chi connectivity index (χ4v) is 3.07. The van der Waals surface area contributed by atoms with Gasteiger partial charge in [-0.3, -0.25) is 4.31 Å². The SMILES string of the molecule is Cc1ccc(OCC(C)NC(=S)Nc2cccc(N(C)S(C)(=O)=O)c2)cc1. The summed E-state index contributed by atoms with van der Waals surface area (Å²) in [6, 6.07) is 14.9. The van der Waals surface area contributed by atoms with Crippen LogP contribution in [0.3, 0.4) is 0 Å². The first kappa shape index (κ1) is 21.0. The summed E-state index contributed by atoms with van der Waals surface area (Å²) in [5.74, 6) is 0.810. The van der Waals surface area contributed by atoms with Gasteiger partial charge in [-0.15, -0.1) is 0 Å². The maximum atomic E-state index is 11.7. The average Bonchev–Trinajstić information content (AvgIpc) is 2.60. The number of nitrogens with zero attached hydrogens (tertiary/aromatic N) is 1. The monoisotopic (exact) mass is 407 g/mol. The molecule has 1 unspecified atom stereocenters. The molecule has 0 bridgehead atoms. The van der Waals surface area contributed by atoms with Crippen LogP contribution < -0.4 is 19.7 Å². The molecule has 0 heterocycles. The highest BCUT2D eigenvalue weighted by molar-refractivity contribution is 7.92. The smallest absolute Gasteiger partial charge is 0.231 e. The van der Waals surface area contributed by atoms with Gasteiger partial charge < -0.3 is 15.4 Å². The molecular weight excluding hydrogens is 382 g/mol. The second kappa shape index (κ2) is 9.05. The lowest BCUT2D eigenvalue weighted by atomic mass is 10.2. The van der Waals surface area contributed by atoms with Crippen LogP contribution in [0.2, 0.25) is 0 Å². The van der Waals surface area contributed by atoms with Crippen molar-refractivity contribution in [3.05, 3.63) is 54.1 Å². The molecule has 0 spiro atoms. The third-order valence-corrected chi connectivity index (χ3v) is 5.29. The molecule has 0 amide bonds. The Kier molecular flexibility index (Phi) is 7.04. The Morgan fingerprint density at radius 2 is 1.89 bits per heavy atom. The minimum Gasteiger partial charge on any atom is -0.491 e. The number of hydrogen-bond acceptors (Lipinski definition) is 4. The molecule has 2 rings (SSSR count). The Bertz CT molecular complexity index is 883. The molecule has 0 radical (unpaired) electrons. The topological polar surface area (TPSA) is 70.7 Å². The highest BCUT2D eigenvalue weighted by Crippen LogP contribution is 2.20. The molecule has 0 aliphatic heterocycles. The van der Waals surface area contributed by atoms with E-state index in [0.29, 0.717) is 23.1 Å². The Balaban J connectivity index is 1.88. The van der Waals surface area contributed by atoms with E-state index in [1.54, 1.807) is 18.2 Å². The van der Waals surface area contributed by atoms with E-state index in [0.717, 1.165) is 12.0 Å². The van der Waals surface area contributed by atoms with E-state index < -0.39 is 10.0 Å². The number of benzene rings is 2. The Morgan fingerprint density at radius 1 is 1.22 bits per heavy atom. The quantitative estimate of drug-likeness (QED) is 0.687. The largest absolute Gasteiger partial charge is 0.491 e. The predicted octanol–water partition coefficient (Wildman–Crippen LogP) is 3.14. The number of hydrogen-bond donors (Lipinski definition) is 2. The molecule has 27 heavy (non-hydrogen) atoms. The van der Waals surface area contributed by atoms with Crippen LogP contribution in [0.1, 0.15) is 12.5 Å². The van der Waals surface area contributed by atoms with E-state index in [4.69, 9.17) is 17.0 Å². The van der Waals surface area contributed by atoms with Crippen molar-refractivity contribution in [3.63, 3.8) is 0 Å². The minimum atomic E-state index is -3.32. The minimum absolute atomic E-state index is 0.00632. The van der Waals surface area contributed by atoms with E-state index in [9.17, 15) is 8.42 Å².